The predicted octanol–water partition coefficient (Wildman–Crippen LogP) is 4.22. The Kier molecular flexibility index (Phi) is 6.69. The average molecular weight is 530 g/mol. The summed E-state index contributed by atoms with van der Waals surface area (Å²) in [4.78, 5) is 19.3. The van der Waals surface area contributed by atoms with E-state index in [4.69, 9.17) is 19.2 Å². The predicted molar refractivity (Wildman–Crippen MR) is 148 cm³/mol. The summed E-state index contributed by atoms with van der Waals surface area (Å²) >= 11 is 0. The van der Waals surface area contributed by atoms with Gasteiger partial charge in [-0.05, 0) is 73.2 Å². The van der Waals surface area contributed by atoms with Crippen molar-refractivity contribution in [1.82, 2.24) is 10.3 Å². The Balaban J connectivity index is 1.28. The molecule has 0 bridgehead atoms. The Morgan fingerprint density at radius 1 is 1.21 bits per heavy atom. The third-order valence-corrected chi connectivity index (χ3v) is 8.62. The molecular weight excluding hydrogens is 494 g/mol. The largest absolute Gasteiger partial charge is 0.496 e. The van der Waals surface area contributed by atoms with E-state index in [0.717, 1.165) is 59.2 Å². The molecule has 2 N–H and O–H groups in total. The van der Waals surface area contributed by atoms with Gasteiger partial charge in [-0.2, -0.15) is 0 Å². The highest BCUT2D eigenvalue weighted by Gasteiger charge is 2.71. The number of piperidine rings is 1. The molecule has 3 heterocycles. The number of anilines is 1. The second kappa shape index (κ2) is 10.2. The van der Waals surface area contributed by atoms with Gasteiger partial charge in [-0.15, -0.1) is 0 Å². The molecule has 2 aliphatic heterocycles. The van der Waals surface area contributed by atoms with Crippen LogP contribution in [0.5, 0.6) is 11.5 Å². The van der Waals surface area contributed by atoms with E-state index >= 15 is 0 Å². The molecule has 204 valence electrons. The van der Waals surface area contributed by atoms with Crippen molar-refractivity contribution in [2.75, 3.05) is 38.8 Å². The molecule has 1 saturated heterocycles. The smallest absolute Gasteiger partial charge is 0.312 e. The summed E-state index contributed by atoms with van der Waals surface area (Å²) in [6.45, 7) is 5.26. The van der Waals surface area contributed by atoms with Gasteiger partial charge < -0.3 is 29.5 Å². The van der Waals surface area contributed by atoms with Gasteiger partial charge in [0.25, 0.3) is 0 Å². The number of nitrogens with zero attached hydrogens (tertiary/aromatic N) is 2. The van der Waals surface area contributed by atoms with E-state index in [1.54, 1.807) is 14.2 Å². The maximum atomic E-state index is 12.2. The van der Waals surface area contributed by atoms with Crippen molar-refractivity contribution in [3.8, 4) is 22.8 Å². The van der Waals surface area contributed by atoms with Gasteiger partial charge in [-0.25, -0.2) is 4.98 Å². The number of carboxylic acids is 1. The number of ether oxygens (including phenoxy) is 3. The minimum absolute atomic E-state index is 0.128. The number of carboxylic acid groups (broad SMARTS) is 1. The highest BCUT2D eigenvalue weighted by molar-refractivity contribution is 5.82. The standard InChI is InChI=1S/C31H35N3O5/c1-19-6-4-7-23(29(19)39-17-20-12-21-10-11-32-15-24(21)26(13-20)38-3)25-8-5-9-28(33-25)34-16-22-14-31(22,30(35)36)27(34)18-37-2/h4-9,12-13,22,27,32H,10-11,14-18H2,1-3H3,(H,35,36)/t22?,27-,31-/m1/s1. The van der Waals surface area contributed by atoms with E-state index in [2.05, 4.69) is 22.3 Å². The summed E-state index contributed by atoms with van der Waals surface area (Å²) in [7, 11) is 3.34. The van der Waals surface area contributed by atoms with Crippen LogP contribution in [-0.2, 0) is 29.1 Å². The lowest BCUT2D eigenvalue weighted by molar-refractivity contribution is -0.144. The van der Waals surface area contributed by atoms with E-state index in [1.165, 1.54) is 11.1 Å². The zero-order valence-corrected chi connectivity index (χ0v) is 22.7. The number of aromatic nitrogens is 1. The Morgan fingerprint density at radius 3 is 2.85 bits per heavy atom. The molecule has 6 rings (SSSR count). The number of carbonyl (C=O) groups is 1. The molecule has 3 atom stereocenters. The average Bonchev–Trinajstić information content (AvgIpc) is 3.60. The zero-order valence-electron chi connectivity index (χ0n) is 22.7. The van der Waals surface area contributed by atoms with Crippen LogP contribution in [0.25, 0.3) is 11.3 Å². The number of para-hydroxylation sites is 1. The molecule has 3 aromatic rings. The van der Waals surface area contributed by atoms with Crippen LogP contribution in [0.2, 0.25) is 0 Å². The summed E-state index contributed by atoms with van der Waals surface area (Å²) < 4.78 is 17.6. The fraction of sp³-hybridized carbons (Fsp3) is 0.419. The number of hydrogen-bond acceptors (Lipinski definition) is 7. The molecule has 1 aromatic heterocycles. The van der Waals surface area contributed by atoms with Crippen molar-refractivity contribution in [2.45, 2.75) is 39.0 Å². The number of rotatable bonds is 9. The first-order chi connectivity index (χ1) is 19.0. The number of methoxy groups -OCH3 is 2. The van der Waals surface area contributed by atoms with Crippen molar-refractivity contribution in [3.63, 3.8) is 0 Å². The maximum absolute atomic E-state index is 12.2. The van der Waals surface area contributed by atoms with E-state index in [-0.39, 0.29) is 12.0 Å². The van der Waals surface area contributed by atoms with Crippen LogP contribution < -0.4 is 19.7 Å². The molecule has 0 spiro atoms. The summed E-state index contributed by atoms with van der Waals surface area (Å²) in [6.07, 6.45) is 1.67. The SMILES string of the molecule is COC[C@H]1N(c2cccc(-c3cccc(C)c3OCc3cc4c(c(OC)c3)CNCC4)n2)CC2C[C@@]21C(=O)O. The van der Waals surface area contributed by atoms with Crippen molar-refractivity contribution in [2.24, 2.45) is 11.3 Å². The zero-order chi connectivity index (χ0) is 27.1. The van der Waals surface area contributed by atoms with Gasteiger partial charge in [0, 0.05) is 31.3 Å². The molecule has 8 nitrogen and oxygen atoms in total. The number of benzene rings is 2. The van der Waals surface area contributed by atoms with E-state index in [9.17, 15) is 9.90 Å². The van der Waals surface area contributed by atoms with Crippen LogP contribution in [0.15, 0.2) is 48.5 Å². The maximum Gasteiger partial charge on any atom is 0.312 e. The topological polar surface area (TPSA) is 93.2 Å². The van der Waals surface area contributed by atoms with Gasteiger partial charge in [0.2, 0.25) is 0 Å². The monoisotopic (exact) mass is 529 g/mol. The second-order valence-electron chi connectivity index (χ2n) is 10.9. The van der Waals surface area contributed by atoms with Gasteiger partial charge in [0.15, 0.2) is 0 Å². The first kappa shape index (κ1) is 25.6. The molecule has 0 amide bonds. The van der Waals surface area contributed by atoms with Crippen LogP contribution in [0.4, 0.5) is 5.82 Å². The van der Waals surface area contributed by atoms with Crippen molar-refractivity contribution >= 4 is 11.8 Å². The van der Waals surface area contributed by atoms with Crippen LogP contribution >= 0.6 is 0 Å². The van der Waals surface area contributed by atoms with Crippen molar-refractivity contribution in [1.29, 1.82) is 0 Å². The second-order valence-corrected chi connectivity index (χ2v) is 10.9. The molecule has 8 heteroatoms. The lowest BCUT2D eigenvalue weighted by atomic mass is 9.97. The normalized spacial score (nSPS) is 23.2. The first-order valence-electron chi connectivity index (χ1n) is 13.5. The number of aryl methyl sites for hydroxylation is 1. The Hall–Kier alpha value is -3.62. The van der Waals surface area contributed by atoms with E-state index < -0.39 is 11.4 Å². The molecule has 2 aromatic carbocycles. The number of aliphatic carboxylic acids is 1. The molecule has 39 heavy (non-hydrogen) atoms. The van der Waals surface area contributed by atoms with Crippen molar-refractivity contribution < 1.29 is 24.1 Å². The van der Waals surface area contributed by atoms with Crippen LogP contribution in [0, 0.1) is 18.3 Å². The molecule has 0 radical (unpaired) electrons. The van der Waals surface area contributed by atoms with Gasteiger partial charge >= 0.3 is 5.97 Å². The highest BCUT2D eigenvalue weighted by Crippen LogP contribution is 2.62. The quantitative estimate of drug-likeness (QED) is 0.426. The third kappa shape index (κ3) is 4.41. The van der Waals surface area contributed by atoms with E-state index in [1.807, 2.05) is 43.3 Å². The van der Waals surface area contributed by atoms with Crippen LogP contribution in [0.3, 0.4) is 0 Å². The Bertz CT molecular complexity index is 1390. The number of nitrogens with one attached hydrogen (secondary N) is 1. The van der Waals surface area contributed by atoms with Gasteiger partial charge in [0.1, 0.15) is 23.9 Å². The van der Waals surface area contributed by atoms with Gasteiger partial charge in [-0.3, -0.25) is 4.79 Å². The highest BCUT2D eigenvalue weighted by atomic mass is 16.5. The number of pyridine rings is 1. The minimum Gasteiger partial charge on any atom is -0.496 e. The molecule has 1 aliphatic carbocycles. The molecule has 2 fully saturated rings. The summed E-state index contributed by atoms with van der Waals surface area (Å²) in [6, 6.07) is 16.0. The van der Waals surface area contributed by atoms with Gasteiger partial charge in [-0.1, -0.05) is 24.3 Å². The lowest BCUT2D eigenvalue weighted by Gasteiger charge is -2.31. The van der Waals surface area contributed by atoms with Crippen molar-refractivity contribution in [3.05, 3.63) is 70.8 Å². The van der Waals surface area contributed by atoms with E-state index in [0.29, 0.717) is 26.2 Å². The minimum atomic E-state index is -0.739. The first-order valence-corrected chi connectivity index (χ1v) is 13.5. The molecule has 3 aliphatic rings. The summed E-state index contributed by atoms with van der Waals surface area (Å²) in [5.41, 5.74) is 5.59. The molecule has 1 unspecified atom stereocenters. The van der Waals surface area contributed by atoms with Crippen LogP contribution in [0.1, 0.15) is 28.7 Å². The molecule has 1 saturated carbocycles. The Morgan fingerprint density at radius 2 is 2.05 bits per heavy atom. The number of fused-ring (bicyclic) bond motifs is 2. The fourth-order valence-corrected chi connectivity index (χ4v) is 6.51. The number of hydrogen-bond donors (Lipinski definition) is 2. The summed E-state index contributed by atoms with van der Waals surface area (Å²) in [5.74, 6) is 1.84. The summed E-state index contributed by atoms with van der Waals surface area (Å²) in [5, 5.41) is 13.4. The molecular formula is C31H35N3O5. The van der Waals surface area contributed by atoms with Crippen LogP contribution in [-0.4, -0.2) is 56.0 Å². The third-order valence-electron chi connectivity index (χ3n) is 8.62. The van der Waals surface area contributed by atoms with Gasteiger partial charge in [0.05, 0.1) is 30.9 Å². The fourth-order valence-electron chi connectivity index (χ4n) is 6.51. The Labute approximate surface area is 228 Å². The lowest BCUT2D eigenvalue weighted by Crippen LogP contribution is -2.43.